The van der Waals surface area contributed by atoms with Crippen molar-refractivity contribution in [2.45, 2.75) is 25.8 Å². The molecule has 0 radical (unpaired) electrons. The van der Waals surface area contributed by atoms with E-state index in [-0.39, 0.29) is 5.92 Å². The van der Waals surface area contributed by atoms with E-state index in [9.17, 15) is 4.79 Å². The van der Waals surface area contributed by atoms with Crippen LogP contribution in [-0.4, -0.2) is 49.6 Å². The zero-order valence-corrected chi connectivity index (χ0v) is 17.8. The first-order chi connectivity index (χ1) is 14.2. The number of anilines is 1. The van der Waals surface area contributed by atoms with E-state index in [4.69, 9.17) is 9.47 Å². The Kier molecular flexibility index (Phi) is 4.86. The first-order valence-corrected chi connectivity index (χ1v) is 11.2. The second kappa shape index (κ2) is 7.52. The highest BCUT2D eigenvalue weighted by Gasteiger charge is 2.49. The van der Waals surface area contributed by atoms with Crippen molar-refractivity contribution < 1.29 is 14.3 Å². The summed E-state index contributed by atoms with van der Waals surface area (Å²) in [5.41, 5.74) is 2.43. The molecule has 1 aromatic heterocycles. The van der Waals surface area contributed by atoms with E-state index in [1.807, 2.05) is 17.6 Å². The third-order valence-corrected chi connectivity index (χ3v) is 7.75. The van der Waals surface area contributed by atoms with Gasteiger partial charge in [0.2, 0.25) is 5.91 Å². The van der Waals surface area contributed by atoms with Crippen molar-refractivity contribution in [1.29, 1.82) is 0 Å². The maximum atomic E-state index is 13.4. The standard InChI is InChI=1S/C22H27N3O3S/c1-27-19-10-14-3-6-24(12-16(14)11-20(19)28-2)21(26)17-9-15-4-7-25(13-18(15)17)22-23-5-8-29-22/h5,8,10-11,15,17-18H,3-4,6-7,9,12-13H2,1-2H3/t15-,17-,18-/m1/s1. The van der Waals surface area contributed by atoms with Crippen molar-refractivity contribution in [2.75, 3.05) is 38.8 Å². The summed E-state index contributed by atoms with van der Waals surface area (Å²) in [4.78, 5) is 22.2. The van der Waals surface area contributed by atoms with Crippen molar-refractivity contribution in [3.63, 3.8) is 0 Å². The molecule has 0 spiro atoms. The van der Waals surface area contributed by atoms with Crippen molar-refractivity contribution in [1.82, 2.24) is 9.88 Å². The van der Waals surface area contributed by atoms with Crippen LogP contribution < -0.4 is 14.4 Å². The first-order valence-electron chi connectivity index (χ1n) is 10.3. The van der Waals surface area contributed by atoms with Gasteiger partial charge in [-0.15, -0.1) is 11.3 Å². The van der Waals surface area contributed by atoms with Gasteiger partial charge in [0.05, 0.1) is 14.2 Å². The molecule has 3 aliphatic rings. The fraction of sp³-hybridized carbons (Fsp3) is 0.545. The molecule has 3 atom stereocenters. The number of hydrogen-bond donors (Lipinski definition) is 0. The van der Waals surface area contributed by atoms with Crippen LogP contribution in [0.2, 0.25) is 0 Å². The lowest BCUT2D eigenvalue weighted by Crippen LogP contribution is -2.56. The van der Waals surface area contributed by atoms with Gasteiger partial charge < -0.3 is 19.3 Å². The van der Waals surface area contributed by atoms with Crippen LogP contribution in [0.1, 0.15) is 24.0 Å². The fourth-order valence-corrected chi connectivity index (χ4v) is 5.90. The van der Waals surface area contributed by atoms with Crippen molar-refractivity contribution in [3.8, 4) is 11.5 Å². The van der Waals surface area contributed by atoms with E-state index in [0.29, 0.717) is 24.3 Å². The molecule has 1 saturated heterocycles. The van der Waals surface area contributed by atoms with E-state index < -0.39 is 0 Å². The summed E-state index contributed by atoms with van der Waals surface area (Å²) in [6.07, 6.45) is 4.95. The van der Waals surface area contributed by atoms with Crippen LogP contribution in [0.5, 0.6) is 11.5 Å². The fourth-order valence-electron chi connectivity index (χ4n) is 5.22. The molecule has 154 valence electrons. The first kappa shape index (κ1) is 18.7. The number of piperidine rings is 1. The molecule has 1 saturated carbocycles. The minimum Gasteiger partial charge on any atom is -0.493 e. The summed E-state index contributed by atoms with van der Waals surface area (Å²) < 4.78 is 10.9. The van der Waals surface area contributed by atoms with E-state index in [2.05, 4.69) is 20.9 Å². The van der Waals surface area contributed by atoms with Gasteiger partial charge in [-0.25, -0.2) is 4.98 Å². The molecule has 1 aliphatic carbocycles. The third kappa shape index (κ3) is 3.25. The van der Waals surface area contributed by atoms with E-state index in [0.717, 1.165) is 49.1 Å². The average Bonchev–Trinajstić information content (AvgIpc) is 3.27. The molecular formula is C22H27N3O3S. The van der Waals surface area contributed by atoms with E-state index >= 15 is 0 Å². The van der Waals surface area contributed by atoms with Crippen LogP contribution >= 0.6 is 11.3 Å². The van der Waals surface area contributed by atoms with Gasteiger partial charge in [-0.3, -0.25) is 4.79 Å². The minimum absolute atomic E-state index is 0.157. The number of amides is 1. The average molecular weight is 414 g/mol. The number of hydrogen-bond acceptors (Lipinski definition) is 6. The number of rotatable bonds is 4. The maximum Gasteiger partial charge on any atom is 0.226 e. The molecule has 0 bridgehead atoms. The molecule has 29 heavy (non-hydrogen) atoms. The van der Waals surface area contributed by atoms with Gasteiger partial charge in [0, 0.05) is 43.7 Å². The Morgan fingerprint density at radius 2 is 1.97 bits per heavy atom. The van der Waals surface area contributed by atoms with Gasteiger partial charge in [-0.1, -0.05) is 0 Å². The third-order valence-electron chi connectivity index (χ3n) is 6.92. The number of carbonyl (C=O) groups is 1. The Morgan fingerprint density at radius 3 is 2.69 bits per heavy atom. The summed E-state index contributed by atoms with van der Waals surface area (Å²) >= 11 is 1.69. The molecular weight excluding hydrogens is 386 g/mol. The summed E-state index contributed by atoms with van der Waals surface area (Å²) in [6.45, 7) is 3.47. The molecule has 2 aliphatic heterocycles. The Hall–Kier alpha value is -2.28. The monoisotopic (exact) mass is 413 g/mol. The summed E-state index contributed by atoms with van der Waals surface area (Å²) in [6, 6.07) is 4.09. The normalized spacial score (nSPS) is 25.7. The molecule has 1 aromatic carbocycles. The summed E-state index contributed by atoms with van der Waals surface area (Å²) in [7, 11) is 3.32. The van der Waals surface area contributed by atoms with Crippen LogP contribution in [0, 0.1) is 17.8 Å². The second-order valence-electron chi connectivity index (χ2n) is 8.30. The minimum atomic E-state index is 0.157. The Bertz CT molecular complexity index is 901. The van der Waals surface area contributed by atoms with Crippen molar-refractivity contribution in [2.24, 2.45) is 17.8 Å². The highest BCUT2D eigenvalue weighted by atomic mass is 32.1. The molecule has 3 heterocycles. The molecule has 1 amide bonds. The Balaban J connectivity index is 1.28. The predicted molar refractivity (Wildman–Crippen MR) is 113 cm³/mol. The van der Waals surface area contributed by atoms with Gasteiger partial charge in [-0.05, 0) is 54.4 Å². The van der Waals surface area contributed by atoms with Crippen LogP contribution in [0.25, 0.3) is 0 Å². The van der Waals surface area contributed by atoms with Crippen LogP contribution in [0.4, 0.5) is 5.13 Å². The molecule has 2 fully saturated rings. The number of ether oxygens (including phenoxy) is 2. The Morgan fingerprint density at radius 1 is 1.17 bits per heavy atom. The zero-order chi connectivity index (χ0) is 20.0. The summed E-state index contributed by atoms with van der Waals surface area (Å²) in [5.74, 6) is 3.14. The number of carbonyl (C=O) groups excluding carboxylic acids is 1. The van der Waals surface area contributed by atoms with E-state index in [1.54, 1.807) is 25.6 Å². The highest BCUT2D eigenvalue weighted by molar-refractivity contribution is 7.13. The predicted octanol–water partition coefficient (Wildman–Crippen LogP) is 3.21. The molecule has 0 unspecified atom stereocenters. The molecule has 5 rings (SSSR count). The maximum absolute atomic E-state index is 13.4. The Labute approximate surface area is 175 Å². The lowest BCUT2D eigenvalue weighted by Gasteiger charge is -2.51. The molecule has 7 heteroatoms. The topological polar surface area (TPSA) is 54.9 Å². The zero-order valence-electron chi connectivity index (χ0n) is 17.0. The number of nitrogens with zero attached hydrogens (tertiary/aromatic N) is 3. The molecule has 0 N–H and O–H groups in total. The lowest BCUT2D eigenvalue weighted by atomic mass is 9.61. The van der Waals surface area contributed by atoms with Gasteiger partial charge >= 0.3 is 0 Å². The van der Waals surface area contributed by atoms with Crippen molar-refractivity contribution >= 4 is 22.4 Å². The highest BCUT2D eigenvalue weighted by Crippen LogP contribution is 2.47. The van der Waals surface area contributed by atoms with Crippen molar-refractivity contribution in [3.05, 3.63) is 34.8 Å². The van der Waals surface area contributed by atoms with Crippen LogP contribution in [-0.2, 0) is 17.8 Å². The largest absolute Gasteiger partial charge is 0.493 e. The SMILES string of the molecule is COc1cc2c(cc1OC)CN(C(=O)[C@@H]1C[C@H]3CCN(c4nccs4)C[C@H]31)CC2. The number of fused-ring (bicyclic) bond motifs is 2. The smallest absolute Gasteiger partial charge is 0.226 e. The van der Waals surface area contributed by atoms with Gasteiger partial charge in [0.25, 0.3) is 0 Å². The number of methoxy groups -OCH3 is 2. The number of thiazole rings is 1. The number of aromatic nitrogens is 1. The van der Waals surface area contributed by atoms with E-state index in [1.165, 1.54) is 17.5 Å². The van der Waals surface area contributed by atoms with Gasteiger partial charge in [0.15, 0.2) is 16.6 Å². The quantitative estimate of drug-likeness (QED) is 0.770. The van der Waals surface area contributed by atoms with Crippen LogP contribution in [0.3, 0.4) is 0 Å². The van der Waals surface area contributed by atoms with Gasteiger partial charge in [0.1, 0.15) is 0 Å². The lowest BCUT2D eigenvalue weighted by molar-refractivity contribution is -0.146. The number of benzene rings is 1. The second-order valence-corrected chi connectivity index (χ2v) is 9.17. The van der Waals surface area contributed by atoms with Crippen LogP contribution in [0.15, 0.2) is 23.7 Å². The molecule has 2 aromatic rings. The summed E-state index contributed by atoms with van der Waals surface area (Å²) in [5, 5.41) is 3.12. The van der Waals surface area contributed by atoms with Gasteiger partial charge in [-0.2, -0.15) is 0 Å². The molecule has 6 nitrogen and oxygen atoms in total.